The minimum absolute atomic E-state index is 0.478. The first-order chi connectivity index (χ1) is 9.52. The van der Waals surface area contributed by atoms with E-state index in [0.29, 0.717) is 11.5 Å². The Kier molecular flexibility index (Phi) is 8.03. The maximum absolute atomic E-state index is 5.24. The smallest absolute Gasteiger partial charge is 0.0589 e. The van der Waals surface area contributed by atoms with E-state index in [0.717, 1.165) is 38.8 Å². The third kappa shape index (κ3) is 6.08. The van der Waals surface area contributed by atoms with Gasteiger partial charge in [0.15, 0.2) is 0 Å². The van der Waals surface area contributed by atoms with Crippen LogP contribution in [0.3, 0.4) is 0 Å². The van der Waals surface area contributed by atoms with Gasteiger partial charge in [0.1, 0.15) is 0 Å². The summed E-state index contributed by atoms with van der Waals surface area (Å²) in [4.78, 5) is 2.49. The molecule has 2 unspecified atom stereocenters. The summed E-state index contributed by atoms with van der Waals surface area (Å²) in [6.45, 7) is 9.53. The van der Waals surface area contributed by atoms with Crippen molar-refractivity contribution >= 4 is 0 Å². The number of hydrogen-bond donors (Lipinski definition) is 1. The monoisotopic (exact) mass is 286 g/mol. The van der Waals surface area contributed by atoms with Gasteiger partial charge in [-0.3, -0.25) is 4.90 Å². The molecule has 2 atom stereocenters. The second-order valence-electron chi connectivity index (χ2n) is 6.85. The Morgan fingerprint density at radius 1 is 1.15 bits per heavy atom. The summed E-state index contributed by atoms with van der Waals surface area (Å²) in [7, 11) is 5.65. The van der Waals surface area contributed by atoms with Crippen molar-refractivity contribution in [3.8, 4) is 0 Å². The standard InChI is InChI=1S/C16H34N2O2/c1-16(2)7-6-15(17-3)14(12-16)13-18(8-10-19-4)9-11-20-5/h14-15,17H,6-13H2,1-5H3. The quantitative estimate of drug-likeness (QED) is 0.703. The molecule has 1 aliphatic carbocycles. The average Bonchev–Trinajstić information content (AvgIpc) is 2.41. The fourth-order valence-electron chi connectivity index (χ4n) is 3.37. The zero-order valence-corrected chi connectivity index (χ0v) is 14.1. The van der Waals surface area contributed by atoms with Crippen LogP contribution in [0.2, 0.25) is 0 Å². The predicted octanol–water partition coefficient (Wildman–Crippen LogP) is 2.00. The first-order valence-electron chi connectivity index (χ1n) is 7.90. The molecule has 0 bridgehead atoms. The van der Waals surface area contributed by atoms with Crippen molar-refractivity contribution in [1.29, 1.82) is 0 Å². The van der Waals surface area contributed by atoms with E-state index in [4.69, 9.17) is 9.47 Å². The van der Waals surface area contributed by atoms with Gasteiger partial charge in [0.25, 0.3) is 0 Å². The van der Waals surface area contributed by atoms with Crippen molar-refractivity contribution in [2.24, 2.45) is 11.3 Å². The number of nitrogens with one attached hydrogen (secondary N) is 1. The van der Waals surface area contributed by atoms with E-state index >= 15 is 0 Å². The summed E-state index contributed by atoms with van der Waals surface area (Å²) < 4.78 is 10.5. The molecule has 0 aliphatic heterocycles. The Labute approximate surface area is 125 Å². The van der Waals surface area contributed by atoms with Crippen LogP contribution in [0.1, 0.15) is 33.1 Å². The van der Waals surface area contributed by atoms with Crippen LogP contribution in [0.4, 0.5) is 0 Å². The molecule has 4 nitrogen and oxygen atoms in total. The number of ether oxygens (including phenoxy) is 2. The molecule has 0 aromatic carbocycles. The summed E-state index contributed by atoms with van der Waals surface area (Å²) in [6, 6.07) is 0.649. The molecule has 1 saturated carbocycles. The lowest BCUT2D eigenvalue weighted by molar-refractivity contribution is 0.0694. The fraction of sp³-hybridized carbons (Fsp3) is 1.00. The largest absolute Gasteiger partial charge is 0.383 e. The Morgan fingerprint density at radius 2 is 1.75 bits per heavy atom. The average molecular weight is 286 g/mol. The SMILES string of the molecule is CNC1CCC(C)(C)CC1CN(CCOC)CCOC. The minimum Gasteiger partial charge on any atom is -0.383 e. The summed E-state index contributed by atoms with van der Waals surface area (Å²) in [5.74, 6) is 0.720. The Morgan fingerprint density at radius 3 is 2.25 bits per heavy atom. The van der Waals surface area contributed by atoms with E-state index in [2.05, 4.69) is 31.1 Å². The predicted molar refractivity (Wildman–Crippen MR) is 84.2 cm³/mol. The summed E-state index contributed by atoms with van der Waals surface area (Å²) >= 11 is 0. The van der Waals surface area contributed by atoms with Gasteiger partial charge in [-0.05, 0) is 37.6 Å². The minimum atomic E-state index is 0.478. The van der Waals surface area contributed by atoms with Gasteiger partial charge >= 0.3 is 0 Å². The molecule has 1 aliphatic rings. The van der Waals surface area contributed by atoms with Crippen LogP contribution in [-0.4, -0.2) is 65.1 Å². The van der Waals surface area contributed by atoms with Gasteiger partial charge in [0.2, 0.25) is 0 Å². The number of hydrogen-bond acceptors (Lipinski definition) is 4. The second-order valence-corrected chi connectivity index (χ2v) is 6.85. The van der Waals surface area contributed by atoms with Crippen molar-refractivity contribution in [3.05, 3.63) is 0 Å². The molecule has 20 heavy (non-hydrogen) atoms. The van der Waals surface area contributed by atoms with E-state index in [1.165, 1.54) is 19.3 Å². The topological polar surface area (TPSA) is 33.7 Å². The maximum atomic E-state index is 5.24. The first kappa shape index (κ1) is 17.9. The second kappa shape index (κ2) is 8.98. The normalized spacial score (nSPS) is 26.1. The lowest BCUT2D eigenvalue weighted by Crippen LogP contribution is -2.47. The molecule has 0 saturated heterocycles. The highest BCUT2D eigenvalue weighted by molar-refractivity contribution is 4.89. The van der Waals surface area contributed by atoms with Crippen LogP contribution >= 0.6 is 0 Å². The summed E-state index contributed by atoms with van der Waals surface area (Å²) in [5.41, 5.74) is 0.478. The van der Waals surface area contributed by atoms with Crippen molar-refractivity contribution in [2.75, 3.05) is 54.1 Å². The van der Waals surface area contributed by atoms with Crippen LogP contribution < -0.4 is 5.32 Å². The van der Waals surface area contributed by atoms with Gasteiger partial charge in [-0.2, -0.15) is 0 Å². The first-order valence-corrected chi connectivity index (χ1v) is 7.90. The van der Waals surface area contributed by atoms with Crippen molar-refractivity contribution in [3.63, 3.8) is 0 Å². The number of rotatable bonds is 9. The molecule has 0 heterocycles. The molecule has 1 rings (SSSR count). The zero-order valence-electron chi connectivity index (χ0n) is 14.1. The highest BCUT2D eigenvalue weighted by Gasteiger charge is 2.34. The highest BCUT2D eigenvalue weighted by atomic mass is 16.5. The van der Waals surface area contributed by atoms with Crippen molar-refractivity contribution in [2.45, 2.75) is 39.2 Å². The number of methoxy groups -OCH3 is 2. The van der Waals surface area contributed by atoms with Crippen molar-refractivity contribution < 1.29 is 9.47 Å². The third-order valence-electron chi connectivity index (χ3n) is 4.60. The Balaban J connectivity index is 2.57. The van der Waals surface area contributed by atoms with E-state index in [1.54, 1.807) is 14.2 Å². The van der Waals surface area contributed by atoms with E-state index in [-0.39, 0.29) is 0 Å². The summed E-state index contributed by atoms with van der Waals surface area (Å²) in [5, 5.41) is 3.52. The van der Waals surface area contributed by atoms with Crippen LogP contribution in [0.5, 0.6) is 0 Å². The molecule has 4 heteroatoms. The molecule has 0 aromatic rings. The van der Waals surface area contributed by atoms with Crippen molar-refractivity contribution in [1.82, 2.24) is 10.2 Å². The van der Waals surface area contributed by atoms with Gasteiger partial charge < -0.3 is 14.8 Å². The van der Waals surface area contributed by atoms with E-state index in [9.17, 15) is 0 Å². The lowest BCUT2D eigenvalue weighted by atomic mass is 9.69. The van der Waals surface area contributed by atoms with Crippen LogP contribution in [0, 0.1) is 11.3 Å². The van der Waals surface area contributed by atoms with Crippen LogP contribution in [0.15, 0.2) is 0 Å². The molecule has 120 valence electrons. The molecular formula is C16H34N2O2. The molecule has 0 radical (unpaired) electrons. The molecule has 1 N–H and O–H groups in total. The van der Waals surface area contributed by atoms with Gasteiger partial charge in [-0.15, -0.1) is 0 Å². The lowest BCUT2D eigenvalue weighted by Gasteiger charge is -2.42. The summed E-state index contributed by atoms with van der Waals surface area (Å²) in [6.07, 6.45) is 3.91. The molecule has 0 aromatic heterocycles. The van der Waals surface area contributed by atoms with Crippen LogP contribution in [0.25, 0.3) is 0 Å². The van der Waals surface area contributed by atoms with E-state index < -0.39 is 0 Å². The van der Waals surface area contributed by atoms with Gasteiger partial charge in [-0.25, -0.2) is 0 Å². The van der Waals surface area contributed by atoms with E-state index in [1.807, 2.05) is 0 Å². The van der Waals surface area contributed by atoms with Crippen LogP contribution in [-0.2, 0) is 9.47 Å². The molecule has 0 amide bonds. The highest BCUT2D eigenvalue weighted by Crippen LogP contribution is 2.38. The molecular weight excluding hydrogens is 252 g/mol. The zero-order chi connectivity index (χ0) is 15.0. The van der Waals surface area contributed by atoms with Gasteiger partial charge in [0.05, 0.1) is 13.2 Å². The molecule has 1 fully saturated rings. The molecule has 0 spiro atoms. The Bertz CT molecular complexity index is 251. The maximum Gasteiger partial charge on any atom is 0.0589 e. The Hall–Kier alpha value is -0.160. The fourth-order valence-corrected chi connectivity index (χ4v) is 3.37. The van der Waals surface area contributed by atoms with Gasteiger partial charge in [-0.1, -0.05) is 13.8 Å². The van der Waals surface area contributed by atoms with Gasteiger partial charge in [0, 0.05) is 39.9 Å². The number of nitrogens with zero attached hydrogens (tertiary/aromatic N) is 1. The third-order valence-corrected chi connectivity index (χ3v) is 4.60.